The number of rotatable bonds is 4. The average molecular weight is 305 g/mol. The number of thioether (sulfide) groups is 1. The van der Waals surface area contributed by atoms with Crippen molar-refractivity contribution < 1.29 is 0 Å². The second kappa shape index (κ2) is 6.50. The maximum Gasteiger partial charge on any atom is 0.197 e. The molecule has 0 aliphatic rings. The number of para-hydroxylation sites is 1. The summed E-state index contributed by atoms with van der Waals surface area (Å²) in [7, 11) is 0. The maximum absolute atomic E-state index is 5.38. The topological polar surface area (TPSA) is 30.7 Å². The van der Waals surface area contributed by atoms with Crippen LogP contribution in [0.5, 0.6) is 0 Å². The van der Waals surface area contributed by atoms with E-state index in [0.29, 0.717) is 5.75 Å². The molecule has 3 nitrogen and oxygen atoms in total. The van der Waals surface area contributed by atoms with Gasteiger partial charge >= 0.3 is 0 Å². The quantitative estimate of drug-likeness (QED) is 0.540. The highest BCUT2D eigenvalue weighted by Crippen LogP contribution is 2.29. The first kappa shape index (κ1) is 14.4. The molecule has 2 aromatic carbocycles. The van der Waals surface area contributed by atoms with Crippen LogP contribution in [0.1, 0.15) is 5.56 Å². The van der Waals surface area contributed by atoms with Crippen LogP contribution in [-0.2, 0) is 0 Å². The SMILES string of the molecule is C#CCSc1nnc(-c2ccccc2)n1-c1ccccc1C. The summed E-state index contributed by atoms with van der Waals surface area (Å²) in [5.41, 5.74) is 3.28. The Kier molecular flexibility index (Phi) is 4.27. The van der Waals surface area contributed by atoms with Crippen LogP contribution in [0.25, 0.3) is 17.1 Å². The Hall–Kier alpha value is -2.51. The van der Waals surface area contributed by atoms with Crippen LogP contribution in [0.15, 0.2) is 59.8 Å². The van der Waals surface area contributed by atoms with E-state index in [0.717, 1.165) is 22.2 Å². The lowest BCUT2D eigenvalue weighted by molar-refractivity contribution is 0.882. The molecule has 0 saturated heterocycles. The number of aromatic nitrogens is 3. The Balaban J connectivity index is 2.18. The van der Waals surface area contributed by atoms with E-state index in [1.165, 1.54) is 17.3 Å². The van der Waals surface area contributed by atoms with Gasteiger partial charge in [0.05, 0.1) is 11.4 Å². The molecule has 3 aromatic rings. The number of hydrogen-bond donors (Lipinski definition) is 0. The first-order valence-corrected chi connectivity index (χ1v) is 7.93. The van der Waals surface area contributed by atoms with Crippen molar-refractivity contribution in [1.29, 1.82) is 0 Å². The number of benzene rings is 2. The predicted molar refractivity (Wildman–Crippen MR) is 91.1 cm³/mol. The van der Waals surface area contributed by atoms with Crippen molar-refractivity contribution in [3.8, 4) is 29.4 Å². The molecule has 4 heteroatoms. The molecule has 0 aliphatic carbocycles. The van der Waals surface area contributed by atoms with Gasteiger partial charge in [-0.1, -0.05) is 66.2 Å². The van der Waals surface area contributed by atoms with Gasteiger partial charge in [0.2, 0.25) is 0 Å². The minimum absolute atomic E-state index is 0.568. The molecule has 1 heterocycles. The lowest BCUT2D eigenvalue weighted by Crippen LogP contribution is -2.01. The van der Waals surface area contributed by atoms with E-state index < -0.39 is 0 Å². The fourth-order valence-electron chi connectivity index (χ4n) is 2.28. The standard InChI is InChI=1S/C18H15N3S/c1-3-13-22-18-20-19-17(15-10-5-4-6-11-15)21(18)16-12-8-7-9-14(16)2/h1,4-12H,13H2,2H3. The number of aryl methyl sites for hydroxylation is 1. The monoisotopic (exact) mass is 305 g/mol. The molecule has 0 radical (unpaired) electrons. The number of hydrogen-bond acceptors (Lipinski definition) is 3. The Bertz CT molecular complexity index is 816. The highest BCUT2D eigenvalue weighted by Gasteiger charge is 2.16. The molecular formula is C18H15N3S. The normalized spacial score (nSPS) is 10.4. The molecule has 0 saturated carbocycles. The Morgan fingerprint density at radius 3 is 2.50 bits per heavy atom. The molecule has 0 bridgehead atoms. The van der Waals surface area contributed by atoms with E-state index >= 15 is 0 Å². The van der Waals surface area contributed by atoms with Gasteiger partial charge in [0.25, 0.3) is 0 Å². The van der Waals surface area contributed by atoms with Crippen molar-refractivity contribution in [1.82, 2.24) is 14.8 Å². The first-order valence-electron chi connectivity index (χ1n) is 6.94. The van der Waals surface area contributed by atoms with Crippen molar-refractivity contribution in [2.45, 2.75) is 12.1 Å². The van der Waals surface area contributed by atoms with Crippen LogP contribution in [0.2, 0.25) is 0 Å². The average Bonchev–Trinajstić information content (AvgIpc) is 2.98. The fraction of sp³-hybridized carbons (Fsp3) is 0.111. The zero-order chi connectivity index (χ0) is 15.4. The van der Waals surface area contributed by atoms with Gasteiger partial charge in [0.15, 0.2) is 11.0 Å². The molecule has 0 fully saturated rings. The van der Waals surface area contributed by atoms with Crippen molar-refractivity contribution in [3.63, 3.8) is 0 Å². The molecule has 108 valence electrons. The van der Waals surface area contributed by atoms with E-state index in [4.69, 9.17) is 6.42 Å². The number of terminal acetylenes is 1. The van der Waals surface area contributed by atoms with Gasteiger partial charge in [-0.15, -0.1) is 16.6 Å². The minimum Gasteiger partial charge on any atom is -0.270 e. The fourth-order valence-corrected chi connectivity index (χ4v) is 2.90. The van der Waals surface area contributed by atoms with Crippen molar-refractivity contribution in [2.24, 2.45) is 0 Å². The molecule has 0 spiro atoms. The summed E-state index contributed by atoms with van der Waals surface area (Å²) in [5.74, 6) is 4.04. The zero-order valence-electron chi connectivity index (χ0n) is 12.2. The van der Waals surface area contributed by atoms with Crippen LogP contribution in [-0.4, -0.2) is 20.5 Å². The van der Waals surface area contributed by atoms with Gasteiger partial charge in [-0.2, -0.15) is 0 Å². The van der Waals surface area contributed by atoms with Crippen LogP contribution in [0.3, 0.4) is 0 Å². The third kappa shape index (κ3) is 2.76. The maximum atomic E-state index is 5.38. The smallest absolute Gasteiger partial charge is 0.197 e. The molecule has 3 rings (SSSR count). The summed E-state index contributed by atoms with van der Waals surface area (Å²) in [5, 5.41) is 9.52. The molecule has 1 aromatic heterocycles. The van der Waals surface area contributed by atoms with Gasteiger partial charge in [0.1, 0.15) is 0 Å². The van der Waals surface area contributed by atoms with Gasteiger partial charge in [-0.05, 0) is 18.6 Å². The second-order valence-corrected chi connectivity index (χ2v) is 5.73. The summed E-state index contributed by atoms with van der Waals surface area (Å²) >= 11 is 1.52. The Labute approximate surface area is 134 Å². The van der Waals surface area contributed by atoms with Crippen molar-refractivity contribution in [2.75, 3.05) is 5.75 Å². The van der Waals surface area contributed by atoms with E-state index in [9.17, 15) is 0 Å². The van der Waals surface area contributed by atoms with Gasteiger partial charge in [-0.3, -0.25) is 4.57 Å². The van der Waals surface area contributed by atoms with Gasteiger partial charge in [0, 0.05) is 5.56 Å². The molecule has 0 N–H and O–H groups in total. The second-order valence-electron chi connectivity index (χ2n) is 4.79. The first-order chi connectivity index (χ1) is 10.8. The molecule has 0 amide bonds. The van der Waals surface area contributed by atoms with Crippen LogP contribution in [0, 0.1) is 19.3 Å². The minimum atomic E-state index is 0.568. The third-order valence-corrected chi connectivity index (χ3v) is 4.14. The third-order valence-electron chi connectivity index (χ3n) is 3.31. The molecule has 0 aliphatic heterocycles. The lowest BCUT2D eigenvalue weighted by atomic mass is 10.1. The number of nitrogens with zero attached hydrogens (tertiary/aromatic N) is 3. The lowest BCUT2D eigenvalue weighted by Gasteiger charge is -2.12. The van der Waals surface area contributed by atoms with Crippen LogP contribution in [0.4, 0.5) is 0 Å². The highest BCUT2D eigenvalue weighted by atomic mass is 32.2. The summed E-state index contributed by atoms with van der Waals surface area (Å²) in [6.45, 7) is 2.08. The van der Waals surface area contributed by atoms with Gasteiger partial charge < -0.3 is 0 Å². The van der Waals surface area contributed by atoms with E-state index in [1.807, 2.05) is 42.5 Å². The molecular weight excluding hydrogens is 290 g/mol. The van der Waals surface area contributed by atoms with E-state index in [-0.39, 0.29) is 0 Å². The summed E-state index contributed by atoms with van der Waals surface area (Å²) < 4.78 is 2.08. The predicted octanol–water partition coefficient (Wildman–Crippen LogP) is 3.97. The molecule has 0 atom stereocenters. The largest absolute Gasteiger partial charge is 0.270 e. The molecule has 22 heavy (non-hydrogen) atoms. The Morgan fingerprint density at radius 2 is 1.77 bits per heavy atom. The Morgan fingerprint density at radius 1 is 1.05 bits per heavy atom. The molecule has 0 unspecified atom stereocenters. The summed E-state index contributed by atoms with van der Waals surface area (Å²) in [6, 6.07) is 18.3. The van der Waals surface area contributed by atoms with Crippen LogP contribution >= 0.6 is 11.8 Å². The van der Waals surface area contributed by atoms with E-state index in [1.54, 1.807) is 0 Å². The summed E-state index contributed by atoms with van der Waals surface area (Å²) in [4.78, 5) is 0. The van der Waals surface area contributed by atoms with Crippen molar-refractivity contribution in [3.05, 3.63) is 60.2 Å². The van der Waals surface area contributed by atoms with Crippen LogP contribution < -0.4 is 0 Å². The van der Waals surface area contributed by atoms with Crippen molar-refractivity contribution >= 4 is 11.8 Å². The zero-order valence-corrected chi connectivity index (χ0v) is 13.0. The van der Waals surface area contributed by atoms with Gasteiger partial charge in [-0.25, -0.2) is 0 Å². The highest BCUT2D eigenvalue weighted by molar-refractivity contribution is 7.99. The van der Waals surface area contributed by atoms with E-state index in [2.05, 4.69) is 39.7 Å². The summed E-state index contributed by atoms with van der Waals surface area (Å²) in [6.07, 6.45) is 5.38.